The molecular formula is C19H21N3O7. The van der Waals surface area contributed by atoms with E-state index in [0.717, 1.165) is 0 Å². The third-order valence-electron chi connectivity index (χ3n) is 3.38. The summed E-state index contributed by atoms with van der Waals surface area (Å²) in [7, 11) is 0. The SMILES string of the molecule is CC(=O)c1cccc(C(=O)O)c1O.CCOC(=O)c1ccc(N=C(N)N)cc1O. The Balaban J connectivity index is 0.000000296. The van der Waals surface area contributed by atoms with Crippen molar-refractivity contribution >= 4 is 29.4 Å². The number of benzene rings is 2. The number of rotatable bonds is 5. The molecule has 0 aromatic heterocycles. The molecule has 0 aliphatic carbocycles. The van der Waals surface area contributed by atoms with Crippen LogP contribution < -0.4 is 11.5 Å². The first-order valence-corrected chi connectivity index (χ1v) is 8.24. The topological polar surface area (TPSA) is 186 Å². The molecule has 0 aliphatic rings. The lowest BCUT2D eigenvalue weighted by atomic mass is 10.1. The highest BCUT2D eigenvalue weighted by Crippen LogP contribution is 2.24. The Bertz CT molecular complexity index is 919. The van der Waals surface area contributed by atoms with E-state index in [1.165, 1.54) is 43.3 Å². The Morgan fingerprint density at radius 2 is 1.66 bits per heavy atom. The van der Waals surface area contributed by atoms with Gasteiger partial charge in [-0.15, -0.1) is 0 Å². The van der Waals surface area contributed by atoms with Crippen LogP contribution in [0.5, 0.6) is 11.5 Å². The van der Waals surface area contributed by atoms with Crippen molar-refractivity contribution in [3.05, 3.63) is 53.1 Å². The number of phenolic OH excluding ortho intramolecular Hbond substituents is 1. The second kappa shape index (κ2) is 10.3. The number of esters is 1. The number of phenols is 2. The number of nitrogens with zero attached hydrogens (tertiary/aromatic N) is 1. The normalized spacial score (nSPS) is 9.59. The van der Waals surface area contributed by atoms with Gasteiger partial charge in [0.15, 0.2) is 11.7 Å². The van der Waals surface area contributed by atoms with Crippen LogP contribution in [-0.4, -0.2) is 45.6 Å². The fraction of sp³-hybridized carbons (Fsp3) is 0.158. The van der Waals surface area contributed by atoms with Gasteiger partial charge in [0.05, 0.1) is 17.9 Å². The van der Waals surface area contributed by atoms with Crippen molar-refractivity contribution in [3.8, 4) is 11.5 Å². The van der Waals surface area contributed by atoms with Gasteiger partial charge >= 0.3 is 11.9 Å². The summed E-state index contributed by atoms with van der Waals surface area (Å²) in [6.07, 6.45) is 0. The van der Waals surface area contributed by atoms with Crippen LogP contribution in [0.3, 0.4) is 0 Å². The summed E-state index contributed by atoms with van der Waals surface area (Å²) in [4.78, 5) is 36.5. The van der Waals surface area contributed by atoms with E-state index < -0.39 is 17.7 Å². The maximum atomic E-state index is 11.3. The lowest BCUT2D eigenvalue weighted by molar-refractivity contribution is 0.0522. The molecule has 2 aromatic carbocycles. The Morgan fingerprint density at radius 3 is 2.14 bits per heavy atom. The summed E-state index contributed by atoms with van der Waals surface area (Å²) in [5.74, 6) is -3.01. The minimum atomic E-state index is -1.25. The molecule has 0 aliphatic heterocycles. The van der Waals surface area contributed by atoms with Crippen LogP contribution in [0.15, 0.2) is 41.4 Å². The first-order chi connectivity index (χ1) is 13.6. The number of Topliss-reactive ketones (excluding diaryl/α,β-unsaturated/α-hetero) is 1. The number of ketones is 1. The van der Waals surface area contributed by atoms with Crippen molar-refractivity contribution in [1.82, 2.24) is 0 Å². The number of carboxylic acids is 1. The lowest BCUT2D eigenvalue weighted by Gasteiger charge is -2.04. The van der Waals surface area contributed by atoms with E-state index in [1.807, 2.05) is 0 Å². The zero-order chi connectivity index (χ0) is 22.1. The summed E-state index contributed by atoms with van der Waals surface area (Å²) in [5.41, 5.74) is 10.6. The second-order valence-corrected chi connectivity index (χ2v) is 5.52. The molecule has 10 nitrogen and oxygen atoms in total. The highest BCUT2D eigenvalue weighted by atomic mass is 16.5. The van der Waals surface area contributed by atoms with Crippen LogP contribution in [-0.2, 0) is 4.74 Å². The molecule has 10 heteroatoms. The van der Waals surface area contributed by atoms with Gasteiger partial charge in [-0.1, -0.05) is 6.07 Å². The van der Waals surface area contributed by atoms with Crippen LogP contribution in [0.2, 0.25) is 0 Å². The van der Waals surface area contributed by atoms with E-state index in [9.17, 15) is 24.6 Å². The van der Waals surface area contributed by atoms with Gasteiger partial charge in [-0.25, -0.2) is 14.6 Å². The molecule has 2 rings (SSSR count). The molecule has 0 unspecified atom stereocenters. The van der Waals surface area contributed by atoms with E-state index in [2.05, 4.69) is 4.99 Å². The van der Waals surface area contributed by atoms with Gasteiger partial charge < -0.3 is 31.5 Å². The highest BCUT2D eigenvalue weighted by molar-refractivity contribution is 6.01. The summed E-state index contributed by atoms with van der Waals surface area (Å²) >= 11 is 0. The molecule has 29 heavy (non-hydrogen) atoms. The number of para-hydroxylation sites is 1. The third-order valence-corrected chi connectivity index (χ3v) is 3.38. The number of carboxylic acid groups (broad SMARTS) is 1. The fourth-order valence-corrected chi connectivity index (χ4v) is 2.12. The van der Waals surface area contributed by atoms with Gasteiger partial charge in [0, 0.05) is 6.07 Å². The van der Waals surface area contributed by atoms with Crippen LogP contribution >= 0.6 is 0 Å². The number of hydrogen-bond acceptors (Lipinski definition) is 7. The van der Waals surface area contributed by atoms with Crippen LogP contribution in [0.1, 0.15) is 44.9 Å². The summed E-state index contributed by atoms with van der Waals surface area (Å²) in [6, 6.07) is 8.22. The van der Waals surface area contributed by atoms with E-state index in [-0.39, 0.29) is 40.8 Å². The minimum absolute atomic E-state index is 0.0277. The monoisotopic (exact) mass is 403 g/mol. The van der Waals surface area contributed by atoms with Gasteiger partial charge in [-0.2, -0.15) is 0 Å². The number of aromatic hydroxyl groups is 2. The number of nitrogens with two attached hydrogens (primary N) is 2. The Labute approximate surface area is 166 Å². The molecule has 0 saturated carbocycles. The molecule has 0 fully saturated rings. The number of aromatic carboxylic acids is 1. The smallest absolute Gasteiger partial charge is 0.341 e. The number of ether oxygens (including phenoxy) is 1. The minimum Gasteiger partial charge on any atom is -0.507 e. The molecule has 0 saturated heterocycles. The van der Waals surface area contributed by atoms with Crippen molar-refractivity contribution < 1.29 is 34.4 Å². The predicted octanol–water partition coefficient (Wildman–Crippen LogP) is 1.77. The van der Waals surface area contributed by atoms with E-state index in [4.69, 9.17) is 21.3 Å². The molecule has 0 atom stereocenters. The average Bonchev–Trinajstić information content (AvgIpc) is 2.61. The zero-order valence-corrected chi connectivity index (χ0v) is 15.7. The molecule has 0 amide bonds. The maximum Gasteiger partial charge on any atom is 0.341 e. The molecule has 7 N–H and O–H groups in total. The third kappa shape index (κ3) is 6.54. The van der Waals surface area contributed by atoms with Crippen molar-refractivity contribution in [2.24, 2.45) is 16.5 Å². The van der Waals surface area contributed by atoms with Crippen molar-refractivity contribution in [3.63, 3.8) is 0 Å². The highest BCUT2D eigenvalue weighted by Gasteiger charge is 2.15. The van der Waals surface area contributed by atoms with Crippen molar-refractivity contribution in [2.45, 2.75) is 13.8 Å². The molecule has 0 radical (unpaired) electrons. The van der Waals surface area contributed by atoms with Crippen molar-refractivity contribution in [1.29, 1.82) is 0 Å². The van der Waals surface area contributed by atoms with E-state index >= 15 is 0 Å². The summed E-state index contributed by atoms with van der Waals surface area (Å²) < 4.78 is 4.75. The first kappa shape index (κ1) is 23.0. The molecule has 2 aromatic rings. The molecule has 0 spiro atoms. The zero-order valence-electron chi connectivity index (χ0n) is 15.7. The fourth-order valence-electron chi connectivity index (χ4n) is 2.12. The number of carbonyl (C=O) groups is 3. The maximum absolute atomic E-state index is 11.3. The standard InChI is InChI=1S/C10H13N3O3.C9H8O4/c1-2-16-9(15)7-4-3-6(5-8(7)14)13-10(11)12;1-5(10)6-3-2-4-7(8(6)11)9(12)13/h3-5,14H,2H2,1H3,(H4,11,12,13);2-4,11H,1H3,(H,12,13). The van der Waals surface area contributed by atoms with Gasteiger partial charge in [0.25, 0.3) is 0 Å². The number of aliphatic imine (C=N–C) groups is 1. The average molecular weight is 403 g/mol. The van der Waals surface area contributed by atoms with Crippen LogP contribution in [0.4, 0.5) is 5.69 Å². The second-order valence-electron chi connectivity index (χ2n) is 5.52. The van der Waals surface area contributed by atoms with Crippen LogP contribution in [0, 0.1) is 0 Å². The predicted molar refractivity (Wildman–Crippen MR) is 105 cm³/mol. The van der Waals surface area contributed by atoms with Crippen molar-refractivity contribution in [2.75, 3.05) is 6.61 Å². The Kier molecular flexibility index (Phi) is 8.16. The number of guanidine groups is 1. The van der Waals surface area contributed by atoms with Gasteiger partial charge in [0.1, 0.15) is 22.6 Å². The Hall–Kier alpha value is -4.08. The molecule has 154 valence electrons. The largest absolute Gasteiger partial charge is 0.507 e. The summed E-state index contributed by atoms with van der Waals surface area (Å²) in [5, 5.41) is 27.5. The van der Waals surface area contributed by atoms with E-state index in [0.29, 0.717) is 5.69 Å². The van der Waals surface area contributed by atoms with E-state index in [1.54, 1.807) is 6.92 Å². The Morgan fingerprint density at radius 1 is 1.03 bits per heavy atom. The van der Waals surface area contributed by atoms with Gasteiger partial charge in [-0.3, -0.25) is 4.79 Å². The molecular weight excluding hydrogens is 382 g/mol. The lowest BCUT2D eigenvalue weighted by Crippen LogP contribution is -2.21. The molecule has 0 bridgehead atoms. The number of hydrogen-bond donors (Lipinski definition) is 5. The first-order valence-electron chi connectivity index (χ1n) is 8.24. The quantitative estimate of drug-likeness (QED) is 0.215. The molecule has 0 heterocycles. The van der Waals surface area contributed by atoms with Gasteiger partial charge in [0.2, 0.25) is 0 Å². The van der Waals surface area contributed by atoms with Gasteiger partial charge in [-0.05, 0) is 38.1 Å². The summed E-state index contributed by atoms with van der Waals surface area (Å²) in [6.45, 7) is 3.19. The number of carbonyl (C=O) groups excluding carboxylic acids is 2. The van der Waals surface area contributed by atoms with Crippen LogP contribution in [0.25, 0.3) is 0 Å².